The van der Waals surface area contributed by atoms with Gasteiger partial charge in [-0.15, -0.1) is 0 Å². The minimum atomic E-state index is -0.453. The highest BCUT2D eigenvalue weighted by Gasteiger charge is 2.18. The Labute approximate surface area is 204 Å². The van der Waals surface area contributed by atoms with Crippen molar-refractivity contribution in [1.29, 1.82) is 0 Å². The Morgan fingerprint density at radius 2 is 1.77 bits per heavy atom. The number of nitrogens with one attached hydrogen (secondary N) is 2. The van der Waals surface area contributed by atoms with Gasteiger partial charge in [0.25, 0.3) is 0 Å². The van der Waals surface area contributed by atoms with Gasteiger partial charge in [0.2, 0.25) is 5.95 Å². The van der Waals surface area contributed by atoms with Crippen LogP contribution in [-0.4, -0.2) is 82.5 Å². The number of ether oxygens (including phenoxy) is 1. The number of urea groups is 1. The van der Waals surface area contributed by atoms with Gasteiger partial charge in [0.15, 0.2) is 5.69 Å². The number of piperazine rings is 1. The van der Waals surface area contributed by atoms with Crippen LogP contribution >= 0.6 is 0 Å². The highest BCUT2D eigenvalue weighted by molar-refractivity contribution is 5.89. The Kier molecular flexibility index (Phi) is 8.23. The topological polar surface area (TPSA) is 118 Å². The summed E-state index contributed by atoms with van der Waals surface area (Å²) in [5.74, 6) is 0.329. The normalized spacial score (nSPS) is 13.9. The van der Waals surface area contributed by atoms with Crippen molar-refractivity contribution in [3.05, 3.63) is 60.7 Å². The quantitative estimate of drug-likeness (QED) is 0.355. The first-order chi connectivity index (χ1) is 17.1. The molecule has 11 heteroatoms. The summed E-state index contributed by atoms with van der Waals surface area (Å²) in [6.45, 7) is 7.28. The van der Waals surface area contributed by atoms with Crippen LogP contribution in [0.4, 0.5) is 16.4 Å². The fourth-order valence-electron chi connectivity index (χ4n) is 3.79. The summed E-state index contributed by atoms with van der Waals surface area (Å²) < 4.78 is 6.54. The molecule has 11 nitrogen and oxygen atoms in total. The van der Waals surface area contributed by atoms with E-state index >= 15 is 0 Å². The lowest BCUT2D eigenvalue weighted by Gasteiger charge is -2.34. The molecule has 0 saturated carbocycles. The number of carbonyl (C=O) groups excluding carboxylic acids is 2. The van der Waals surface area contributed by atoms with Gasteiger partial charge >= 0.3 is 12.0 Å². The monoisotopic (exact) mass is 478 g/mol. The predicted octanol–water partition coefficient (Wildman–Crippen LogP) is 2.17. The van der Waals surface area contributed by atoms with Gasteiger partial charge in [-0.3, -0.25) is 4.90 Å². The smallest absolute Gasteiger partial charge is 0.358 e. The van der Waals surface area contributed by atoms with Crippen molar-refractivity contribution in [3.8, 4) is 5.69 Å². The summed E-state index contributed by atoms with van der Waals surface area (Å²) in [5, 5.41) is 9.97. The summed E-state index contributed by atoms with van der Waals surface area (Å²) in [6.07, 6.45) is 6.09. The van der Waals surface area contributed by atoms with E-state index in [0.29, 0.717) is 18.8 Å². The number of aromatic nitrogens is 4. The van der Waals surface area contributed by atoms with Crippen LogP contribution < -0.4 is 15.5 Å². The predicted molar refractivity (Wildman–Crippen MR) is 132 cm³/mol. The molecule has 184 valence electrons. The molecule has 3 heterocycles. The molecule has 1 aliphatic heterocycles. The van der Waals surface area contributed by atoms with Gasteiger partial charge in [-0.25, -0.2) is 24.2 Å². The first-order valence-electron chi connectivity index (χ1n) is 11.7. The van der Waals surface area contributed by atoms with Crippen LogP contribution in [0.15, 0.2) is 55.0 Å². The van der Waals surface area contributed by atoms with Crippen LogP contribution in [0.5, 0.6) is 0 Å². The lowest BCUT2D eigenvalue weighted by atomic mass is 10.3. The molecule has 1 aliphatic rings. The van der Waals surface area contributed by atoms with Gasteiger partial charge in [0.05, 0.1) is 12.3 Å². The molecule has 1 saturated heterocycles. The Bertz CT molecular complexity index is 1100. The van der Waals surface area contributed by atoms with Gasteiger partial charge in [-0.05, 0) is 56.3 Å². The van der Waals surface area contributed by atoms with E-state index < -0.39 is 5.97 Å². The SMILES string of the molecule is CCOC(=O)c1ccn(-c2ccc(NC(=O)NCCCN3CCN(c4ncccn4)CC3)cc2)n1. The fourth-order valence-corrected chi connectivity index (χ4v) is 3.79. The molecule has 0 radical (unpaired) electrons. The summed E-state index contributed by atoms with van der Waals surface area (Å²) in [4.78, 5) is 37.2. The Morgan fingerprint density at radius 1 is 1.03 bits per heavy atom. The molecule has 2 aromatic heterocycles. The maximum absolute atomic E-state index is 12.2. The van der Waals surface area contributed by atoms with E-state index in [2.05, 4.69) is 35.5 Å². The number of amides is 2. The van der Waals surface area contributed by atoms with Crippen LogP contribution in [0.2, 0.25) is 0 Å². The maximum Gasteiger partial charge on any atom is 0.358 e. The van der Waals surface area contributed by atoms with E-state index in [1.165, 1.54) is 0 Å². The third kappa shape index (κ3) is 6.76. The molecule has 0 atom stereocenters. The Balaban J connectivity index is 1.14. The molecule has 3 aromatic rings. The van der Waals surface area contributed by atoms with Crippen LogP contribution in [0.1, 0.15) is 23.8 Å². The second-order valence-electron chi connectivity index (χ2n) is 8.02. The van der Waals surface area contributed by atoms with E-state index in [4.69, 9.17) is 4.74 Å². The molecule has 0 spiro atoms. The van der Waals surface area contributed by atoms with E-state index in [9.17, 15) is 9.59 Å². The molecular weight excluding hydrogens is 448 g/mol. The molecule has 0 aliphatic carbocycles. The molecular formula is C24H30N8O3. The molecule has 1 aromatic carbocycles. The number of anilines is 2. The van der Waals surface area contributed by atoms with Crippen molar-refractivity contribution >= 4 is 23.6 Å². The van der Waals surface area contributed by atoms with Crippen LogP contribution in [0.3, 0.4) is 0 Å². The van der Waals surface area contributed by atoms with Crippen molar-refractivity contribution in [2.24, 2.45) is 0 Å². The lowest BCUT2D eigenvalue weighted by molar-refractivity contribution is 0.0519. The highest BCUT2D eigenvalue weighted by Crippen LogP contribution is 2.14. The third-order valence-corrected chi connectivity index (χ3v) is 5.61. The first-order valence-corrected chi connectivity index (χ1v) is 11.7. The third-order valence-electron chi connectivity index (χ3n) is 5.61. The zero-order valence-corrected chi connectivity index (χ0v) is 19.8. The zero-order chi connectivity index (χ0) is 24.5. The molecule has 1 fully saturated rings. The van der Waals surface area contributed by atoms with E-state index in [1.54, 1.807) is 48.4 Å². The summed E-state index contributed by atoms with van der Waals surface area (Å²) >= 11 is 0. The fraction of sp³-hybridized carbons (Fsp3) is 0.375. The van der Waals surface area contributed by atoms with Gasteiger partial charge in [0.1, 0.15) is 0 Å². The molecule has 2 amide bonds. The van der Waals surface area contributed by atoms with Crippen LogP contribution in [0, 0.1) is 0 Å². The van der Waals surface area contributed by atoms with E-state index in [1.807, 2.05) is 18.2 Å². The number of nitrogens with zero attached hydrogens (tertiary/aromatic N) is 6. The number of esters is 1. The lowest BCUT2D eigenvalue weighted by Crippen LogP contribution is -2.47. The summed E-state index contributed by atoms with van der Waals surface area (Å²) in [5.41, 5.74) is 1.69. The van der Waals surface area contributed by atoms with E-state index in [0.717, 1.165) is 50.8 Å². The standard InChI is InChI=1S/C24H30N8O3/c1-2-35-22(33)21-9-14-32(29-21)20-7-5-19(6-8-20)28-24(34)27-12-4-13-30-15-17-31(18-16-30)23-25-10-3-11-26-23/h3,5-11,14H,2,4,12-13,15-18H2,1H3,(H2,27,28,34). The van der Waals surface area contributed by atoms with Gasteiger partial charge < -0.3 is 20.3 Å². The van der Waals surface area contributed by atoms with Crippen molar-refractivity contribution in [2.45, 2.75) is 13.3 Å². The number of benzene rings is 1. The summed E-state index contributed by atoms with van der Waals surface area (Å²) in [7, 11) is 0. The van der Waals surface area contributed by atoms with Crippen molar-refractivity contribution in [3.63, 3.8) is 0 Å². The van der Waals surface area contributed by atoms with Crippen LogP contribution in [-0.2, 0) is 4.74 Å². The van der Waals surface area contributed by atoms with Crippen molar-refractivity contribution in [1.82, 2.24) is 30.0 Å². The zero-order valence-electron chi connectivity index (χ0n) is 19.8. The minimum Gasteiger partial charge on any atom is -0.461 e. The summed E-state index contributed by atoms with van der Waals surface area (Å²) in [6, 6.07) is 10.4. The second-order valence-corrected chi connectivity index (χ2v) is 8.02. The minimum absolute atomic E-state index is 0.243. The van der Waals surface area contributed by atoms with E-state index in [-0.39, 0.29) is 11.7 Å². The number of rotatable bonds is 9. The largest absolute Gasteiger partial charge is 0.461 e. The van der Waals surface area contributed by atoms with Gasteiger partial charge in [-0.1, -0.05) is 0 Å². The second kappa shape index (κ2) is 11.9. The molecule has 0 bridgehead atoms. The average molecular weight is 479 g/mol. The molecule has 4 rings (SSSR count). The van der Waals surface area contributed by atoms with Crippen molar-refractivity contribution < 1.29 is 14.3 Å². The van der Waals surface area contributed by atoms with Gasteiger partial charge in [0, 0.05) is 57.0 Å². The molecule has 0 unspecified atom stereocenters. The van der Waals surface area contributed by atoms with Gasteiger partial charge in [-0.2, -0.15) is 5.10 Å². The number of hydrogen-bond donors (Lipinski definition) is 2. The molecule has 2 N–H and O–H groups in total. The highest BCUT2D eigenvalue weighted by atomic mass is 16.5. The number of hydrogen-bond acceptors (Lipinski definition) is 8. The first kappa shape index (κ1) is 24.1. The number of carbonyl (C=O) groups is 2. The average Bonchev–Trinajstić information content (AvgIpc) is 3.39. The Morgan fingerprint density at radius 3 is 2.49 bits per heavy atom. The Hall–Kier alpha value is -3.99. The van der Waals surface area contributed by atoms with Crippen molar-refractivity contribution in [2.75, 3.05) is 56.1 Å². The van der Waals surface area contributed by atoms with Crippen LogP contribution in [0.25, 0.3) is 5.69 Å². The molecule has 35 heavy (non-hydrogen) atoms. The maximum atomic E-state index is 12.2.